The van der Waals surface area contributed by atoms with Gasteiger partial charge < -0.3 is 33.8 Å². The lowest BCUT2D eigenvalue weighted by Gasteiger charge is -2.21. The average molecular weight is 1600 g/mol. The van der Waals surface area contributed by atoms with Gasteiger partial charge in [-0.25, -0.2) is 9.13 Å². The van der Waals surface area contributed by atoms with Crippen molar-refractivity contribution in [3.63, 3.8) is 0 Å². The Balaban J connectivity index is 5.55. The number of ether oxygens (including phenoxy) is 4. The van der Waals surface area contributed by atoms with E-state index in [1.54, 1.807) is 12.2 Å². The smallest absolute Gasteiger partial charge is 0.462 e. The van der Waals surface area contributed by atoms with Crippen molar-refractivity contribution in [3.05, 3.63) is 219 Å². The molecule has 0 spiro atoms. The van der Waals surface area contributed by atoms with Gasteiger partial charge in [-0.05, 0) is 167 Å². The Morgan fingerprint density at radius 1 is 0.268 bits per heavy atom. The standard InChI is InChI=1S/C93H146O17P2/c1-5-9-13-17-21-25-29-33-37-40-43-46-50-53-57-61-65-69-73-77-90(95)103-83-88(109-92(97)79-75-71-67-63-59-55-49-36-32-28-24-20-16-12-8-4)85-107-111(99,100)105-81-87(94)82-106-112(101,102)108-86-89(110-93(98)80-76-72-68-64-60-56-52-48-45-42-39-35-31-27-23-19-15-11-7-3)84-104-91(96)78-74-70-66-62-58-54-51-47-44-41-38-34-30-26-22-18-14-10-6-2/h9-10,12-14,16,21-28,33-39,43-49,53,57,59,63,65,69,71,75,87-89,94H,5-8,11,15,17-20,29-32,40-42,50-52,54-56,58,60-62,64,66-68,70,72-74,76-86H2,1-4H3,(H,99,100)(H,101,102)/b13-9-,14-10-,16-12-,25-21-,26-22-,27-23-,28-24-,37-33-,38-34-,39-35-,46-43-,47-44-,48-45-,49-36-,57-53-,63-59-,69-65-,75-71-. The molecule has 0 aliphatic carbocycles. The molecule has 0 bridgehead atoms. The van der Waals surface area contributed by atoms with Gasteiger partial charge in [-0.15, -0.1) is 0 Å². The van der Waals surface area contributed by atoms with E-state index in [4.69, 9.17) is 37.0 Å². The van der Waals surface area contributed by atoms with Gasteiger partial charge in [-0.1, -0.05) is 311 Å². The molecule has 0 radical (unpaired) electrons. The van der Waals surface area contributed by atoms with Crippen molar-refractivity contribution >= 4 is 39.5 Å². The molecule has 630 valence electrons. The predicted molar refractivity (Wildman–Crippen MR) is 463 cm³/mol. The molecule has 0 aromatic carbocycles. The molecule has 0 saturated heterocycles. The number of aliphatic hydroxyl groups is 1. The first-order valence-corrected chi connectivity index (χ1v) is 45.0. The summed E-state index contributed by atoms with van der Waals surface area (Å²) in [7, 11) is -10.1. The third-order valence-corrected chi connectivity index (χ3v) is 18.4. The van der Waals surface area contributed by atoms with Gasteiger partial charge in [0.05, 0.1) is 32.8 Å². The molecular weight excluding hydrogens is 1450 g/mol. The predicted octanol–water partition coefficient (Wildman–Crippen LogP) is 25.2. The number of phosphoric acid groups is 2. The van der Waals surface area contributed by atoms with E-state index in [2.05, 4.69) is 204 Å². The topological polar surface area (TPSA) is 237 Å². The van der Waals surface area contributed by atoms with Crippen LogP contribution in [0.15, 0.2) is 219 Å². The molecule has 0 heterocycles. The summed E-state index contributed by atoms with van der Waals surface area (Å²) in [6, 6.07) is 0. The van der Waals surface area contributed by atoms with E-state index in [-0.39, 0.29) is 25.7 Å². The Hall–Kier alpha value is -6.62. The summed E-state index contributed by atoms with van der Waals surface area (Å²) in [5, 5.41) is 10.7. The normalized spacial score (nSPS) is 14.9. The van der Waals surface area contributed by atoms with Gasteiger partial charge in [0, 0.05) is 19.3 Å². The minimum atomic E-state index is -5.04. The maximum absolute atomic E-state index is 13.1. The van der Waals surface area contributed by atoms with Crippen molar-refractivity contribution in [3.8, 4) is 0 Å². The molecule has 0 fully saturated rings. The molecule has 5 atom stereocenters. The number of hydrogen-bond acceptors (Lipinski definition) is 15. The van der Waals surface area contributed by atoms with Crippen LogP contribution in [0.4, 0.5) is 0 Å². The first kappa shape index (κ1) is 105. The highest BCUT2D eigenvalue weighted by molar-refractivity contribution is 7.47. The Kier molecular flexibility index (Phi) is 77.5. The quantitative estimate of drug-likeness (QED) is 0.0169. The number of hydrogen-bond donors (Lipinski definition) is 3. The second-order valence-corrected chi connectivity index (χ2v) is 29.8. The van der Waals surface area contributed by atoms with Crippen LogP contribution in [-0.2, 0) is 65.4 Å². The summed E-state index contributed by atoms with van der Waals surface area (Å²) in [5.74, 6) is -2.47. The molecule has 0 aliphatic heterocycles. The summed E-state index contributed by atoms with van der Waals surface area (Å²) in [5.41, 5.74) is 0. The second kappa shape index (κ2) is 82.4. The summed E-state index contributed by atoms with van der Waals surface area (Å²) >= 11 is 0. The van der Waals surface area contributed by atoms with Gasteiger partial charge in [0.25, 0.3) is 0 Å². The highest BCUT2D eigenvalue weighted by Crippen LogP contribution is 2.45. The lowest BCUT2D eigenvalue weighted by Crippen LogP contribution is -2.30. The minimum absolute atomic E-state index is 0.00719. The molecule has 0 aromatic heterocycles. The van der Waals surface area contributed by atoms with E-state index in [1.165, 1.54) is 19.3 Å². The molecular formula is C93H146O17P2. The molecule has 17 nitrogen and oxygen atoms in total. The number of unbranched alkanes of at least 4 members (excludes halogenated alkanes) is 15. The first-order chi connectivity index (χ1) is 54.7. The van der Waals surface area contributed by atoms with Crippen LogP contribution in [0.3, 0.4) is 0 Å². The molecule has 0 aliphatic rings. The van der Waals surface area contributed by atoms with Gasteiger partial charge in [0.1, 0.15) is 19.3 Å². The van der Waals surface area contributed by atoms with E-state index < -0.39 is 97.5 Å². The Labute approximate surface area is 677 Å². The highest BCUT2D eigenvalue weighted by atomic mass is 31.2. The lowest BCUT2D eigenvalue weighted by atomic mass is 10.1. The average Bonchev–Trinajstić information content (AvgIpc) is 0.898. The molecule has 0 amide bonds. The molecule has 0 saturated carbocycles. The van der Waals surface area contributed by atoms with Crippen LogP contribution >= 0.6 is 15.6 Å². The van der Waals surface area contributed by atoms with Gasteiger partial charge in [-0.3, -0.25) is 37.3 Å². The van der Waals surface area contributed by atoms with E-state index in [1.807, 2.05) is 30.4 Å². The number of rotatable bonds is 76. The van der Waals surface area contributed by atoms with Gasteiger partial charge in [-0.2, -0.15) is 0 Å². The third-order valence-electron chi connectivity index (χ3n) is 16.5. The zero-order valence-corrected chi connectivity index (χ0v) is 70.8. The number of aliphatic hydroxyl groups excluding tert-OH is 1. The largest absolute Gasteiger partial charge is 0.472 e. The van der Waals surface area contributed by atoms with Crippen LogP contribution in [0.25, 0.3) is 0 Å². The maximum Gasteiger partial charge on any atom is 0.472 e. The summed E-state index contributed by atoms with van der Waals surface area (Å²) in [6.07, 6.45) is 105. The van der Waals surface area contributed by atoms with Crippen LogP contribution < -0.4 is 0 Å². The minimum Gasteiger partial charge on any atom is -0.462 e. The number of allylic oxidation sites excluding steroid dienone is 35. The van der Waals surface area contributed by atoms with Crippen molar-refractivity contribution < 1.29 is 80.2 Å². The van der Waals surface area contributed by atoms with Gasteiger partial charge in [0.2, 0.25) is 0 Å². The first-order valence-electron chi connectivity index (χ1n) is 42.0. The lowest BCUT2D eigenvalue weighted by molar-refractivity contribution is -0.161. The van der Waals surface area contributed by atoms with Gasteiger partial charge in [0.15, 0.2) is 12.2 Å². The van der Waals surface area contributed by atoms with Crippen molar-refractivity contribution in [1.29, 1.82) is 0 Å². The Morgan fingerprint density at radius 3 is 0.848 bits per heavy atom. The third kappa shape index (κ3) is 81.4. The molecule has 5 unspecified atom stereocenters. The van der Waals surface area contributed by atoms with Crippen LogP contribution in [0.1, 0.15) is 285 Å². The Bertz CT molecular complexity index is 2990. The number of esters is 4. The number of carbonyl (C=O) groups is 4. The SMILES string of the molecule is CC/C=C\C/C=C\C/C=C\C/C=C\C/C=C\C/C=C\CCC(=O)OCC(COP(=O)(O)OCC(O)COP(=O)(O)OCC(COC(=O)CCCCCCCC/C=C\C/C=C\C/C=C\C/C=C\CC)OC(=O)CCCCCCCC/C=C\C/C=C\C/C=C\CCCCC)OC(=O)C/C=C\C/C=C\C/C=C\C/C=C\C/C=C\CC. The zero-order valence-electron chi connectivity index (χ0n) is 69.0. The summed E-state index contributed by atoms with van der Waals surface area (Å²) < 4.78 is 68.5. The van der Waals surface area contributed by atoms with E-state index >= 15 is 0 Å². The second-order valence-electron chi connectivity index (χ2n) is 26.9. The number of carbonyl (C=O) groups excluding carboxylic acids is 4. The zero-order chi connectivity index (χ0) is 81.7. The maximum atomic E-state index is 13.1. The molecule has 0 aromatic rings. The highest BCUT2D eigenvalue weighted by Gasteiger charge is 2.30. The molecule has 19 heteroatoms. The van der Waals surface area contributed by atoms with Crippen molar-refractivity contribution in [1.82, 2.24) is 0 Å². The molecule has 3 N–H and O–H groups in total. The van der Waals surface area contributed by atoms with Crippen molar-refractivity contribution in [2.24, 2.45) is 0 Å². The van der Waals surface area contributed by atoms with Crippen LogP contribution in [-0.4, -0.2) is 96.7 Å². The van der Waals surface area contributed by atoms with E-state index in [0.717, 1.165) is 180 Å². The fraction of sp³-hybridized carbons (Fsp3) is 0.570. The van der Waals surface area contributed by atoms with E-state index in [9.17, 15) is 43.2 Å². The van der Waals surface area contributed by atoms with Crippen molar-refractivity contribution in [2.45, 2.75) is 303 Å². The summed E-state index contributed by atoms with van der Waals surface area (Å²) in [4.78, 5) is 73.2. The number of phosphoric ester groups is 2. The monoisotopic (exact) mass is 1600 g/mol. The molecule has 112 heavy (non-hydrogen) atoms. The summed E-state index contributed by atoms with van der Waals surface area (Å²) in [6.45, 7) is 4.25. The fourth-order valence-corrected chi connectivity index (χ4v) is 11.8. The van der Waals surface area contributed by atoms with Crippen molar-refractivity contribution in [2.75, 3.05) is 39.6 Å². The fourth-order valence-electron chi connectivity index (χ4n) is 10.2. The molecule has 0 rings (SSSR count). The Morgan fingerprint density at radius 2 is 0.518 bits per heavy atom. The van der Waals surface area contributed by atoms with E-state index in [0.29, 0.717) is 32.1 Å². The van der Waals surface area contributed by atoms with Gasteiger partial charge >= 0.3 is 39.5 Å². The van der Waals surface area contributed by atoms with Crippen LogP contribution in [0.5, 0.6) is 0 Å². The van der Waals surface area contributed by atoms with Crippen LogP contribution in [0, 0.1) is 0 Å². The van der Waals surface area contributed by atoms with Crippen LogP contribution in [0.2, 0.25) is 0 Å².